The summed E-state index contributed by atoms with van der Waals surface area (Å²) in [5.74, 6) is -0.129. The van der Waals surface area contributed by atoms with Crippen molar-refractivity contribution in [1.29, 1.82) is 0 Å². The molecule has 2 aromatic rings. The predicted molar refractivity (Wildman–Crippen MR) is 75.5 cm³/mol. The van der Waals surface area contributed by atoms with Gasteiger partial charge in [0.25, 0.3) is 0 Å². The summed E-state index contributed by atoms with van der Waals surface area (Å²) >= 11 is 0. The van der Waals surface area contributed by atoms with E-state index in [0.717, 1.165) is 6.07 Å². The molecule has 116 valence electrons. The first-order valence-corrected chi connectivity index (χ1v) is 6.89. The number of aromatic nitrogens is 2. The molecule has 0 spiro atoms. The lowest BCUT2D eigenvalue weighted by atomic mass is 10.1. The molecule has 0 saturated carbocycles. The highest BCUT2D eigenvalue weighted by Crippen LogP contribution is 2.37. The summed E-state index contributed by atoms with van der Waals surface area (Å²) in [6.07, 6.45) is -4.48. The van der Waals surface area contributed by atoms with Crippen LogP contribution in [0.1, 0.15) is 5.56 Å². The zero-order valence-corrected chi connectivity index (χ0v) is 11.7. The molecule has 0 unspecified atom stereocenters. The lowest BCUT2D eigenvalue weighted by Crippen LogP contribution is -2.38. The Kier molecular flexibility index (Phi) is 3.98. The summed E-state index contributed by atoms with van der Waals surface area (Å²) in [6.45, 7) is 1.53. The minimum absolute atomic E-state index is 0.129. The van der Waals surface area contributed by atoms with Gasteiger partial charge in [-0.25, -0.2) is 0 Å². The Balaban J connectivity index is 2.04. The highest BCUT2D eigenvalue weighted by Gasteiger charge is 2.37. The van der Waals surface area contributed by atoms with Crippen LogP contribution in [-0.2, 0) is 10.9 Å². The van der Waals surface area contributed by atoms with Crippen molar-refractivity contribution < 1.29 is 17.9 Å². The Morgan fingerprint density at radius 1 is 1.00 bits per heavy atom. The number of morpholine rings is 1. The third kappa shape index (κ3) is 3.04. The van der Waals surface area contributed by atoms with Crippen molar-refractivity contribution in [3.8, 4) is 11.3 Å². The number of hydrogen-bond donors (Lipinski definition) is 0. The van der Waals surface area contributed by atoms with E-state index in [2.05, 4.69) is 10.2 Å². The van der Waals surface area contributed by atoms with Gasteiger partial charge in [-0.05, 0) is 6.07 Å². The molecule has 0 radical (unpaired) electrons. The normalized spacial score (nSPS) is 15.9. The number of hydrogen-bond acceptors (Lipinski definition) is 4. The largest absolute Gasteiger partial charge is 0.420 e. The maximum absolute atomic E-state index is 13.4. The average Bonchev–Trinajstić information content (AvgIpc) is 2.55. The number of anilines is 1. The van der Waals surface area contributed by atoms with Gasteiger partial charge in [0.2, 0.25) is 0 Å². The molecule has 1 aromatic heterocycles. The molecule has 2 heterocycles. The highest BCUT2D eigenvalue weighted by molar-refractivity contribution is 5.62. The standard InChI is InChI=1S/C15H14F3N3O/c16-15(17,18)12-10-13(11-4-2-1-3-5-11)19-20-14(12)21-6-8-22-9-7-21/h1-5,10H,6-9H2. The van der Waals surface area contributed by atoms with Crippen molar-refractivity contribution in [3.05, 3.63) is 42.0 Å². The number of nitrogens with zero attached hydrogens (tertiary/aromatic N) is 3. The smallest absolute Gasteiger partial charge is 0.378 e. The highest BCUT2D eigenvalue weighted by atomic mass is 19.4. The Morgan fingerprint density at radius 3 is 2.32 bits per heavy atom. The second kappa shape index (κ2) is 5.92. The van der Waals surface area contributed by atoms with Crippen molar-refractivity contribution in [2.45, 2.75) is 6.18 Å². The van der Waals surface area contributed by atoms with Gasteiger partial charge < -0.3 is 9.64 Å². The third-order valence-corrected chi connectivity index (χ3v) is 3.46. The maximum atomic E-state index is 13.4. The van der Waals surface area contributed by atoms with E-state index in [0.29, 0.717) is 31.9 Å². The van der Waals surface area contributed by atoms with Gasteiger partial charge in [0.15, 0.2) is 5.82 Å². The van der Waals surface area contributed by atoms with Crippen LogP contribution in [-0.4, -0.2) is 36.5 Å². The Labute approximate surface area is 125 Å². The molecular formula is C15H14F3N3O. The first kappa shape index (κ1) is 14.8. The number of alkyl halides is 3. The molecule has 1 aliphatic rings. The number of benzene rings is 1. The van der Waals surface area contributed by atoms with Crippen LogP contribution in [0.5, 0.6) is 0 Å². The van der Waals surface area contributed by atoms with Gasteiger partial charge in [-0.3, -0.25) is 0 Å². The van der Waals surface area contributed by atoms with E-state index >= 15 is 0 Å². The molecule has 7 heteroatoms. The first-order valence-electron chi connectivity index (χ1n) is 6.89. The zero-order chi connectivity index (χ0) is 15.6. The Morgan fingerprint density at radius 2 is 1.68 bits per heavy atom. The minimum Gasteiger partial charge on any atom is -0.378 e. The predicted octanol–water partition coefficient (Wildman–Crippen LogP) is 3.00. The molecule has 22 heavy (non-hydrogen) atoms. The van der Waals surface area contributed by atoms with Crippen molar-refractivity contribution in [2.75, 3.05) is 31.2 Å². The summed E-state index contributed by atoms with van der Waals surface area (Å²) < 4.78 is 45.3. The van der Waals surface area contributed by atoms with E-state index in [1.54, 1.807) is 35.2 Å². The molecule has 0 aliphatic carbocycles. The van der Waals surface area contributed by atoms with Gasteiger partial charge in [-0.15, -0.1) is 10.2 Å². The van der Waals surface area contributed by atoms with Gasteiger partial charge in [0.1, 0.15) is 5.56 Å². The van der Waals surface area contributed by atoms with E-state index in [4.69, 9.17) is 4.74 Å². The van der Waals surface area contributed by atoms with Crippen molar-refractivity contribution in [3.63, 3.8) is 0 Å². The molecular weight excluding hydrogens is 295 g/mol. The van der Waals surface area contributed by atoms with Gasteiger partial charge >= 0.3 is 6.18 Å². The quantitative estimate of drug-likeness (QED) is 0.855. The summed E-state index contributed by atoms with van der Waals surface area (Å²) in [5, 5.41) is 7.81. The monoisotopic (exact) mass is 309 g/mol. The fourth-order valence-corrected chi connectivity index (χ4v) is 2.35. The minimum atomic E-state index is -4.48. The van der Waals surface area contributed by atoms with Crippen LogP contribution < -0.4 is 4.90 Å². The summed E-state index contributed by atoms with van der Waals surface area (Å²) in [6, 6.07) is 9.77. The number of ether oxygens (including phenoxy) is 1. The van der Waals surface area contributed by atoms with Crippen LogP contribution in [0.4, 0.5) is 19.0 Å². The van der Waals surface area contributed by atoms with E-state index in [-0.39, 0.29) is 11.5 Å². The lowest BCUT2D eigenvalue weighted by Gasteiger charge is -2.29. The van der Waals surface area contributed by atoms with E-state index in [1.165, 1.54) is 0 Å². The van der Waals surface area contributed by atoms with E-state index in [9.17, 15) is 13.2 Å². The van der Waals surface area contributed by atoms with Crippen molar-refractivity contribution in [2.24, 2.45) is 0 Å². The topological polar surface area (TPSA) is 38.2 Å². The number of halogens is 3. The molecule has 0 N–H and O–H groups in total. The van der Waals surface area contributed by atoms with Gasteiger partial charge in [0, 0.05) is 18.7 Å². The van der Waals surface area contributed by atoms with Crippen LogP contribution in [0.15, 0.2) is 36.4 Å². The molecule has 1 fully saturated rings. The van der Waals surface area contributed by atoms with E-state index < -0.39 is 11.7 Å². The number of rotatable bonds is 2. The molecule has 0 amide bonds. The lowest BCUT2D eigenvalue weighted by molar-refractivity contribution is -0.137. The Hall–Kier alpha value is -2.15. The van der Waals surface area contributed by atoms with Gasteiger partial charge in [-0.1, -0.05) is 30.3 Å². The molecule has 3 rings (SSSR count). The molecule has 0 bridgehead atoms. The van der Waals surface area contributed by atoms with Crippen LogP contribution in [0.2, 0.25) is 0 Å². The molecule has 0 atom stereocenters. The van der Waals surface area contributed by atoms with Crippen LogP contribution in [0, 0.1) is 0 Å². The molecule has 1 saturated heterocycles. The third-order valence-electron chi connectivity index (χ3n) is 3.46. The van der Waals surface area contributed by atoms with Crippen LogP contribution in [0.3, 0.4) is 0 Å². The van der Waals surface area contributed by atoms with E-state index in [1.807, 2.05) is 0 Å². The molecule has 4 nitrogen and oxygen atoms in total. The molecule has 1 aliphatic heterocycles. The Bertz CT molecular complexity index is 640. The van der Waals surface area contributed by atoms with Crippen LogP contribution >= 0.6 is 0 Å². The molecule has 1 aromatic carbocycles. The van der Waals surface area contributed by atoms with Crippen molar-refractivity contribution >= 4 is 5.82 Å². The van der Waals surface area contributed by atoms with Crippen LogP contribution in [0.25, 0.3) is 11.3 Å². The van der Waals surface area contributed by atoms with Gasteiger partial charge in [0.05, 0.1) is 18.9 Å². The average molecular weight is 309 g/mol. The zero-order valence-electron chi connectivity index (χ0n) is 11.7. The summed E-state index contributed by atoms with van der Waals surface area (Å²) in [7, 11) is 0. The SMILES string of the molecule is FC(F)(F)c1cc(-c2ccccc2)nnc1N1CCOCC1. The second-order valence-electron chi connectivity index (χ2n) is 4.93. The fraction of sp³-hybridized carbons (Fsp3) is 0.333. The fourth-order valence-electron chi connectivity index (χ4n) is 2.35. The van der Waals surface area contributed by atoms with Gasteiger partial charge in [-0.2, -0.15) is 13.2 Å². The first-order chi connectivity index (χ1) is 10.6. The van der Waals surface area contributed by atoms with Crippen molar-refractivity contribution in [1.82, 2.24) is 10.2 Å². The summed E-state index contributed by atoms with van der Waals surface area (Å²) in [5.41, 5.74) is 0.0576. The second-order valence-corrected chi connectivity index (χ2v) is 4.93. The maximum Gasteiger partial charge on any atom is 0.420 e. The summed E-state index contributed by atoms with van der Waals surface area (Å²) in [4.78, 5) is 1.56.